The van der Waals surface area contributed by atoms with Crippen LogP contribution in [0.25, 0.3) is 0 Å². The first-order valence-electron chi connectivity index (χ1n) is 7.16. The van der Waals surface area contributed by atoms with Crippen molar-refractivity contribution in [1.82, 2.24) is 5.32 Å². The molecule has 1 saturated heterocycles. The van der Waals surface area contributed by atoms with Crippen molar-refractivity contribution in [2.75, 3.05) is 25.1 Å². The lowest BCUT2D eigenvalue weighted by Gasteiger charge is -2.26. The Kier molecular flexibility index (Phi) is 5.31. The minimum atomic E-state index is -0.816. The molecule has 0 spiro atoms. The monoisotopic (exact) mass is 314 g/mol. The molecule has 1 aliphatic rings. The number of amides is 2. The number of rotatable bonds is 5. The van der Waals surface area contributed by atoms with E-state index in [1.54, 1.807) is 0 Å². The fourth-order valence-corrected chi connectivity index (χ4v) is 2.40. The van der Waals surface area contributed by atoms with Crippen LogP contribution in [-0.4, -0.2) is 31.6 Å². The zero-order chi connectivity index (χ0) is 16.2. The number of carbonyl (C=O) groups excluding carboxylic acids is 1. The highest BCUT2D eigenvalue weighted by atomic mass is 19.1. The van der Waals surface area contributed by atoms with Crippen LogP contribution >= 0.6 is 0 Å². The molecule has 0 aliphatic carbocycles. The normalized spacial score (nSPS) is 18.0. The maximum absolute atomic E-state index is 13.4. The van der Waals surface area contributed by atoms with Gasteiger partial charge in [-0.2, -0.15) is 0 Å². The molecule has 0 bridgehead atoms. The molecule has 7 heteroatoms. The quantitative estimate of drug-likeness (QED) is 0.878. The molecule has 1 aromatic carbocycles. The third kappa shape index (κ3) is 4.64. The lowest BCUT2D eigenvalue weighted by atomic mass is 10.0. The first-order valence-corrected chi connectivity index (χ1v) is 7.16. The SMILES string of the molecule is C[C@H](CNC(=O)Nc1ccc(F)cc1F)CC1(C)OCCO1. The summed E-state index contributed by atoms with van der Waals surface area (Å²) in [5.74, 6) is -2.00. The van der Waals surface area contributed by atoms with E-state index in [9.17, 15) is 13.6 Å². The second-order valence-corrected chi connectivity index (χ2v) is 5.60. The zero-order valence-electron chi connectivity index (χ0n) is 12.6. The van der Waals surface area contributed by atoms with Gasteiger partial charge in [-0.15, -0.1) is 0 Å². The summed E-state index contributed by atoms with van der Waals surface area (Å²) < 4.78 is 37.2. The number of ether oxygens (including phenoxy) is 2. The summed E-state index contributed by atoms with van der Waals surface area (Å²) >= 11 is 0. The van der Waals surface area contributed by atoms with Crippen molar-refractivity contribution < 1.29 is 23.0 Å². The lowest BCUT2D eigenvalue weighted by Crippen LogP contribution is -2.36. The molecule has 5 nitrogen and oxygen atoms in total. The summed E-state index contributed by atoms with van der Waals surface area (Å²) in [6, 6.07) is 2.43. The van der Waals surface area contributed by atoms with E-state index < -0.39 is 23.5 Å². The second kappa shape index (κ2) is 7.02. The van der Waals surface area contributed by atoms with E-state index in [-0.39, 0.29) is 11.6 Å². The van der Waals surface area contributed by atoms with E-state index in [0.717, 1.165) is 6.07 Å². The molecule has 2 amide bonds. The number of carbonyl (C=O) groups is 1. The molecular weight excluding hydrogens is 294 g/mol. The summed E-state index contributed by atoms with van der Waals surface area (Å²) in [6.45, 7) is 5.35. The molecule has 122 valence electrons. The van der Waals surface area contributed by atoms with Gasteiger partial charge < -0.3 is 20.1 Å². The smallest absolute Gasteiger partial charge is 0.319 e. The summed E-state index contributed by atoms with van der Waals surface area (Å²) in [5.41, 5.74) is -0.0685. The number of halogens is 2. The van der Waals surface area contributed by atoms with Crippen molar-refractivity contribution in [1.29, 1.82) is 0 Å². The summed E-state index contributed by atoms with van der Waals surface area (Å²) in [6.07, 6.45) is 0.637. The molecule has 2 rings (SSSR count). The van der Waals surface area contributed by atoms with Crippen molar-refractivity contribution >= 4 is 11.7 Å². The Balaban J connectivity index is 1.77. The van der Waals surface area contributed by atoms with E-state index in [1.165, 1.54) is 6.07 Å². The van der Waals surface area contributed by atoms with Gasteiger partial charge in [0.05, 0.1) is 18.9 Å². The number of benzene rings is 1. The average molecular weight is 314 g/mol. The summed E-state index contributed by atoms with van der Waals surface area (Å²) in [4.78, 5) is 11.7. The number of hydrogen-bond donors (Lipinski definition) is 2. The molecule has 22 heavy (non-hydrogen) atoms. The zero-order valence-corrected chi connectivity index (χ0v) is 12.6. The van der Waals surface area contributed by atoms with Crippen molar-refractivity contribution in [2.24, 2.45) is 5.92 Å². The molecule has 1 aliphatic heterocycles. The highest BCUT2D eigenvalue weighted by Gasteiger charge is 2.32. The van der Waals surface area contributed by atoms with Crippen molar-refractivity contribution in [3.05, 3.63) is 29.8 Å². The van der Waals surface area contributed by atoms with Crippen LogP contribution in [-0.2, 0) is 9.47 Å². The predicted octanol–water partition coefficient (Wildman–Crippen LogP) is 2.88. The van der Waals surface area contributed by atoms with Crippen LogP contribution < -0.4 is 10.6 Å². The van der Waals surface area contributed by atoms with Crippen LogP contribution in [0.15, 0.2) is 18.2 Å². The first kappa shape index (κ1) is 16.6. The van der Waals surface area contributed by atoms with Crippen LogP contribution in [0.3, 0.4) is 0 Å². The van der Waals surface area contributed by atoms with E-state index in [0.29, 0.717) is 32.2 Å². The Hall–Kier alpha value is -1.73. The van der Waals surface area contributed by atoms with Gasteiger partial charge in [0, 0.05) is 19.0 Å². The first-order chi connectivity index (χ1) is 10.4. The minimum Gasteiger partial charge on any atom is -0.348 e. The maximum atomic E-state index is 13.4. The van der Waals surface area contributed by atoms with Crippen molar-refractivity contribution in [3.63, 3.8) is 0 Å². The molecule has 1 heterocycles. The minimum absolute atomic E-state index is 0.0685. The van der Waals surface area contributed by atoms with Gasteiger partial charge in [-0.05, 0) is 25.0 Å². The van der Waals surface area contributed by atoms with Crippen LogP contribution in [0.4, 0.5) is 19.3 Å². The standard InChI is InChI=1S/C15H20F2N2O3/c1-10(8-15(2)21-5-6-22-15)9-18-14(20)19-13-4-3-11(16)7-12(13)17/h3-4,7,10H,5-6,8-9H2,1-2H3,(H2,18,19,20)/t10-/m0/s1. The number of nitrogens with one attached hydrogen (secondary N) is 2. The highest BCUT2D eigenvalue weighted by molar-refractivity contribution is 5.89. The van der Waals surface area contributed by atoms with Crippen LogP contribution in [0, 0.1) is 17.6 Å². The highest BCUT2D eigenvalue weighted by Crippen LogP contribution is 2.26. The Morgan fingerprint density at radius 2 is 2.05 bits per heavy atom. The van der Waals surface area contributed by atoms with Gasteiger partial charge in [0.15, 0.2) is 5.79 Å². The van der Waals surface area contributed by atoms with Crippen LogP contribution in [0.1, 0.15) is 20.3 Å². The van der Waals surface area contributed by atoms with E-state index in [2.05, 4.69) is 10.6 Å². The third-order valence-electron chi connectivity index (χ3n) is 3.41. The van der Waals surface area contributed by atoms with E-state index >= 15 is 0 Å². The van der Waals surface area contributed by atoms with Gasteiger partial charge in [0.2, 0.25) is 0 Å². The summed E-state index contributed by atoms with van der Waals surface area (Å²) in [7, 11) is 0. The Morgan fingerprint density at radius 3 is 2.68 bits per heavy atom. The van der Waals surface area contributed by atoms with Gasteiger partial charge >= 0.3 is 6.03 Å². The van der Waals surface area contributed by atoms with Gasteiger partial charge in [0.1, 0.15) is 11.6 Å². The molecule has 1 atom stereocenters. The van der Waals surface area contributed by atoms with Crippen molar-refractivity contribution in [2.45, 2.75) is 26.1 Å². The molecule has 0 aromatic heterocycles. The predicted molar refractivity (Wildman–Crippen MR) is 77.5 cm³/mol. The molecule has 0 unspecified atom stereocenters. The Labute approximate surface area is 128 Å². The van der Waals surface area contributed by atoms with Gasteiger partial charge in [-0.3, -0.25) is 0 Å². The average Bonchev–Trinajstić information content (AvgIpc) is 2.86. The topological polar surface area (TPSA) is 59.6 Å². The second-order valence-electron chi connectivity index (χ2n) is 5.60. The van der Waals surface area contributed by atoms with Crippen LogP contribution in [0.5, 0.6) is 0 Å². The number of hydrogen-bond acceptors (Lipinski definition) is 3. The Bertz CT molecular complexity index is 534. The maximum Gasteiger partial charge on any atom is 0.319 e. The molecule has 0 radical (unpaired) electrons. The van der Waals surface area contributed by atoms with Gasteiger partial charge in [0.25, 0.3) is 0 Å². The molecular formula is C15H20F2N2O3. The molecule has 1 fully saturated rings. The van der Waals surface area contributed by atoms with Gasteiger partial charge in [-0.1, -0.05) is 6.92 Å². The lowest BCUT2D eigenvalue weighted by molar-refractivity contribution is -0.153. The summed E-state index contributed by atoms with van der Waals surface area (Å²) in [5, 5.41) is 4.98. The van der Waals surface area contributed by atoms with E-state index in [1.807, 2.05) is 13.8 Å². The van der Waals surface area contributed by atoms with E-state index in [4.69, 9.17) is 9.47 Å². The molecule has 0 saturated carbocycles. The fourth-order valence-electron chi connectivity index (χ4n) is 2.40. The third-order valence-corrected chi connectivity index (χ3v) is 3.41. The Morgan fingerprint density at radius 1 is 1.36 bits per heavy atom. The number of anilines is 1. The largest absolute Gasteiger partial charge is 0.348 e. The molecule has 2 N–H and O–H groups in total. The van der Waals surface area contributed by atoms with Crippen molar-refractivity contribution in [3.8, 4) is 0 Å². The van der Waals surface area contributed by atoms with Gasteiger partial charge in [-0.25, -0.2) is 13.6 Å². The fraction of sp³-hybridized carbons (Fsp3) is 0.533. The number of urea groups is 1. The van der Waals surface area contributed by atoms with Crippen LogP contribution in [0.2, 0.25) is 0 Å². The molecule has 1 aromatic rings.